The monoisotopic (exact) mass is 413 g/mol. The van der Waals surface area contributed by atoms with Crippen LogP contribution >= 0.6 is 0 Å². The molecule has 1 aromatic carbocycles. The van der Waals surface area contributed by atoms with Crippen LogP contribution in [0.2, 0.25) is 0 Å². The van der Waals surface area contributed by atoms with E-state index in [0.717, 1.165) is 30.6 Å². The van der Waals surface area contributed by atoms with Gasteiger partial charge in [-0.3, -0.25) is 9.59 Å². The highest BCUT2D eigenvalue weighted by molar-refractivity contribution is 5.79. The summed E-state index contributed by atoms with van der Waals surface area (Å²) in [5.41, 5.74) is 0.909. The van der Waals surface area contributed by atoms with Crippen LogP contribution < -0.4 is 15.4 Å². The van der Waals surface area contributed by atoms with Gasteiger partial charge < -0.3 is 19.8 Å². The van der Waals surface area contributed by atoms with Crippen LogP contribution in [0.4, 0.5) is 0 Å². The molecule has 0 saturated heterocycles. The fourth-order valence-corrected chi connectivity index (χ4v) is 3.80. The first-order chi connectivity index (χ1) is 14.4. The van der Waals surface area contributed by atoms with Crippen molar-refractivity contribution in [3.8, 4) is 17.1 Å². The summed E-state index contributed by atoms with van der Waals surface area (Å²) >= 11 is 0. The van der Waals surface area contributed by atoms with Gasteiger partial charge in [0.15, 0.2) is 11.7 Å². The Bertz CT molecular complexity index is 844. The molecule has 1 aliphatic rings. The van der Waals surface area contributed by atoms with E-state index in [0.29, 0.717) is 30.9 Å². The predicted octanol–water partition coefficient (Wildman–Crippen LogP) is 3.48. The number of benzene rings is 1. The molecule has 2 atom stereocenters. The van der Waals surface area contributed by atoms with Crippen molar-refractivity contribution in [2.75, 3.05) is 7.11 Å². The first kappa shape index (κ1) is 21.9. The van der Waals surface area contributed by atoms with E-state index < -0.39 is 0 Å². The van der Waals surface area contributed by atoms with Crippen LogP contribution in [0.15, 0.2) is 34.9 Å². The number of methoxy groups -OCH3 is 1. The quantitative estimate of drug-likeness (QED) is 0.691. The minimum absolute atomic E-state index is 0.0229. The molecule has 162 valence electrons. The molecule has 1 saturated carbocycles. The largest absolute Gasteiger partial charge is 0.497 e. The fraction of sp³-hybridized carbons (Fsp3) is 0.522. The number of aromatic nitrogens is 1. The van der Waals surface area contributed by atoms with Gasteiger partial charge in [-0.05, 0) is 57.4 Å². The summed E-state index contributed by atoms with van der Waals surface area (Å²) in [6, 6.07) is 7.73. The maximum absolute atomic E-state index is 12.4. The molecule has 1 aromatic heterocycles. The molecule has 2 aromatic rings. The molecule has 2 unspecified atom stereocenters. The van der Waals surface area contributed by atoms with E-state index in [-0.39, 0.29) is 29.8 Å². The molecular formula is C23H31N3O4. The van der Waals surface area contributed by atoms with E-state index in [4.69, 9.17) is 9.15 Å². The van der Waals surface area contributed by atoms with Gasteiger partial charge in [-0.2, -0.15) is 0 Å². The van der Waals surface area contributed by atoms with Gasteiger partial charge in [-0.25, -0.2) is 4.98 Å². The van der Waals surface area contributed by atoms with E-state index in [2.05, 4.69) is 15.6 Å². The van der Waals surface area contributed by atoms with Crippen molar-refractivity contribution in [2.45, 2.75) is 64.5 Å². The molecule has 1 aliphatic carbocycles. The second-order valence-electron chi connectivity index (χ2n) is 8.14. The molecule has 7 nitrogen and oxygen atoms in total. The van der Waals surface area contributed by atoms with Crippen LogP contribution in [0, 0.1) is 5.92 Å². The predicted molar refractivity (Wildman–Crippen MR) is 114 cm³/mol. The van der Waals surface area contributed by atoms with Gasteiger partial charge in [0.2, 0.25) is 11.8 Å². The lowest BCUT2D eigenvalue weighted by molar-refractivity contribution is -0.128. The number of hydrogen-bond acceptors (Lipinski definition) is 5. The third-order valence-corrected chi connectivity index (χ3v) is 5.34. The topological polar surface area (TPSA) is 93.5 Å². The van der Waals surface area contributed by atoms with Crippen LogP contribution in [0.5, 0.6) is 5.75 Å². The Kier molecular flexibility index (Phi) is 7.49. The summed E-state index contributed by atoms with van der Waals surface area (Å²) in [5.74, 6) is 2.02. The zero-order valence-corrected chi connectivity index (χ0v) is 17.9. The number of nitrogens with one attached hydrogen (secondary N) is 2. The maximum Gasteiger partial charge on any atom is 0.223 e. The highest BCUT2D eigenvalue weighted by atomic mass is 16.5. The Morgan fingerprint density at radius 1 is 1.23 bits per heavy atom. The smallest absolute Gasteiger partial charge is 0.223 e. The zero-order valence-electron chi connectivity index (χ0n) is 17.9. The number of hydrogen-bond donors (Lipinski definition) is 2. The van der Waals surface area contributed by atoms with E-state index in [1.165, 1.54) is 0 Å². The Morgan fingerprint density at radius 3 is 2.70 bits per heavy atom. The Balaban J connectivity index is 1.46. The van der Waals surface area contributed by atoms with E-state index in [9.17, 15) is 9.59 Å². The van der Waals surface area contributed by atoms with Crippen molar-refractivity contribution in [3.63, 3.8) is 0 Å². The maximum atomic E-state index is 12.4. The average Bonchev–Trinajstić information content (AvgIpc) is 3.21. The Morgan fingerprint density at radius 2 is 2.00 bits per heavy atom. The normalized spacial score (nSPS) is 18.8. The molecule has 0 radical (unpaired) electrons. The summed E-state index contributed by atoms with van der Waals surface area (Å²) in [4.78, 5) is 28.9. The molecule has 7 heteroatoms. The molecule has 30 heavy (non-hydrogen) atoms. The molecule has 2 amide bonds. The first-order valence-electron chi connectivity index (χ1n) is 10.6. The van der Waals surface area contributed by atoms with Crippen LogP contribution in [-0.4, -0.2) is 36.0 Å². The highest BCUT2D eigenvalue weighted by Gasteiger charge is 2.28. The first-order valence-corrected chi connectivity index (χ1v) is 10.6. The fourth-order valence-electron chi connectivity index (χ4n) is 3.80. The lowest BCUT2D eigenvalue weighted by Crippen LogP contribution is -2.43. The number of nitrogens with zero attached hydrogens (tertiary/aromatic N) is 1. The van der Waals surface area contributed by atoms with E-state index >= 15 is 0 Å². The standard InChI is InChI=1S/C23H31N3O4/c1-15(2)25-23(28)17-5-4-6-18(13-17)26-21(27)11-12-22-24-14-20(30-22)16-7-9-19(29-3)10-8-16/h7-10,14-15,17-18H,4-6,11-13H2,1-3H3,(H,25,28)(H,26,27). The lowest BCUT2D eigenvalue weighted by Gasteiger charge is -2.29. The van der Waals surface area contributed by atoms with Crippen molar-refractivity contribution in [3.05, 3.63) is 36.4 Å². The molecule has 1 heterocycles. The van der Waals surface area contributed by atoms with Gasteiger partial charge in [-0.15, -0.1) is 0 Å². The van der Waals surface area contributed by atoms with Crippen LogP contribution in [-0.2, 0) is 16.0 Å². The Hall–Kier alpha value is -2.83. The van der Waals surface area contributed by atoms with E-state index in [1.54, 1.807) is 13.3 Å². The third kappa shape index (κ3) is 6.08. The van der Waals surface area contributed by atoms with Crippen molar-refractivity contribution < 1.29 is 18.7 Å². The van der Waals surface area contributed by atoms with Gasteiger partial charge in [0, 0.05) is 36.4 Å². The van der Waals surface area contributed by atoms with Crippen molar-refractivity contribution in [1.29, 1.82) is 0 Å². The second kappa shape index (κ2) is 10.3. The number of carbonyl (C=O) groups is 2. The van der Waals surface area contributed by atoms with Crippen molar-refractivity contribution in [2.24, 2.45) is 5.92 Å². The van der Waals surface area contributed by atoms with Crippen LogP contribution in [0.25, 0.3) is 11.3 Å². The number of oxazole rings is 1. The molecule has 2 N–H and O–H groups in total. The number of ether oxygens (including phenoxy) is 1. The van der Waals surface area contributed by atoms with Crippen LogP contribution in [0.1, 0.15) is 51.8 Å². The second-order valence-corrected chi connectivity index (χ2v) is 8.14. The number of rotatable bonds is 8. The van der Waals surface area contributed by atoms with Crippen LogP contribution in [0.3, 0.4) is 0 Å². The average molecular weight is 414 g/mol. The molecule has 3 rings (SSSR count). The zero-order chi connectivity index (χ0) is 21.5. The SMILES string of the molecule is COc1ccc(-c2cnc(CCC(=O)NC3CCCC(C(=O)NC(C)C)C3)o2)cc1. The molecule has 0 aliphatic heterocycles. The summed E-state index contributed by atoms with van der Waals surface area (Å²) in [6.45, 7) is 3.92. The lowest BCUT2D eigenvalue weighted by atomic mass is 9.85. The van der Waals surface area contributed by atoms with Gasteiger partial charge in [0.1, 0.15) is 5.75 Å². The van der Waals surface area contributed by atoms with Gasteiger partial charge >= 0.3 is 0 Å². The minimum atomic E-state index is -0.0332. The number of aryl methyl sites for hydroxylation is 1. The highest BCUT2D eigenvalue weighted by Crippen LogP contribution is 2.25. The van der Waals surface area contributed by atoms with Gasteiger partial charge in [0.05, 0.1) is 13.3 Å². The molecule has 1 fully saturated rings. The molecular weight excluding hydrogens is 382 g/mol. The number of amides is 2. The van der Waals surface area contributed by atoms with Crippen molar-refractivity contribution in [1.82, 2.24) is 15.6 Å². The summed E-state index contributed by atoms with van der Waals surface area (Å²) in [5, 5.41) is 6.05. The molecule has 0 spiro atoms. The summed E-state index contributed by atoms with van der Waals surface area (Å²) in [6.07, 6.45) is 5.87. The van der Waals surface area contributed by atoms with Gasteiger partial charge in [0.25, 0.3) is 0 Å². The van der Waals surface area contributed by atoms with E-state index in [1.807, 2.05) is 38.1 Å². The summed E-state index contributed by atoms with van der Waals surface area (Å²) < 4.78 is 10.9. The Labute approximate surface area is 177 Å². The minimum Gasteiger partial charge on any atom is -0.497 e. The molecule has 0 bridgehead atoms. The summed E-state index contributed by atoms with van der Waals surface area (Å²) in [7, 11) is 1.63. The third-order valence-electron chi connectivity index (χ3n) is 5.34. The van der Waals surface area contributed by atoms with Crippen molar-refractivity contribution >= 4 is 11.8 Å². The number of carbonyl (C=O) groups excluding carboxylic acids is 2. The van der Waals surface area contributed by atoms with Gasteiger partial charge in [-0.1, -0.05) is 6.42 Å².